The highest BCUT2D eigenvalue weighted by molar-refractivity contribution is 6.30. The summed E-state index contributed by atoms with van der Waals surface area (Å²) in [4.78, 5) is 0. The Hall–Kier alpha value is -1.46. The van der Waals surface area contributed by atoms with Crippen molar-refractivity contribution in [2.24, 2.45) is 0 Å². The van der Waals surface area contributed by atoms with Crippen LogP contribution in [0.4, 0.5) is 4.39 Å². The zero-order chi connectivity index (χ0) is 13.9. The predicted molar refractivity (Wildman–Crippen MR) is 74.0 cm³/mol. The maximum atomic E-state index is 13.4. The minimum atomic E-state index is -0.488. The lowest BCUT2D eigenvalue weighted by molar-refractivity contribution is 0.490. The second kappa shape index (κ2) is 5.89. The molecule has 0 aliphatic heterocycles. The highest BCUT2D eigenvalue weighted by Gasteiger charge is 2.19. The number of hydrogen-bond donors (Lipinski definition) is 1. The van der Waals surface area contributed by atoms with Crippen LogP contribution in [0.15, 0.2) is 22.6 Å². The average Bonchev–Trinajstić information content (AvgIpc) is 3.15. The summed E-state index contributed by atoms with van der Waals surface area (Å²) in [5.41, 5.74) is 0.543. The molecule has 1 aromatic carbocycles. The summed E-state index contributed by atoms with van der Waals surface area (Å²) in [5.74, 6) is 0.413. The Morgan fingerprint density at radius 3 is 2.95 bits per heavy atom. The fourth-order valence-electron chi connectivity index (χ4n) is 1.93. The summed E-state index contributed by atoms with van der Waals surface area (Å²) in [5, 5.41) is 11.4. The van der Waals surface area contributed by atoms with Crippen molar-refractivity contribution in [3.05, 3.63) is 34.9 Å². The molecule has 0 spiro atoms. The lowest BCUT2D eigenvalue weighted by atomic mass is 10.2. The number of aryl methyl sites for hydroxylation is 1. The third kappa shape index (κ3) is 3.35. The lowest BCUT2D eigenvalue weighted by Crippen LogP contribution is -2.17. The number of nitrogens with one attached hydrogen (secondary N) is 1. The molecule has 0 amide bonds. The van der Waals surface area contributed by atoms with Gasteiger partial charge in [0, 0.05) is 18.0 Å². The Balaban J connectivity index is 1.58. The van der Waals surface area contributed by atoms with Crippen molar-refractivity contribution in [3.8, 4) is 11.5 Å². The molecule has 0 unspecified atom stereocenters. The van der Waals surface area contributed by atoms with Crippen LogP contribution >= 0.6 is 11.6 Å². The summed E-state index contributed by atoms with van der Waals surface area (Å²) in [6.07, 6.45) is 4.25. The summed E-state index contributed by atoms with van der Waals surface area (Å²) in [6, 6.07) is 5.16. The van der Waals surface area contributed by atoms with Crippen LogP contribution in [0.1, 0.15) is 25.2 Å². The van der Waals surface area contributed by atoms with Gasteiger partial charge in [-0.05, 0) is 44.0 Å². The third-order valence-electron chi connectivity index (χ3n) is 3.21. The largest absolute Gasteiger partial charge is 0.421 e. The van der Waals surface area contributed by atoms with Gasteiger partial charge in [-0.15, -0.1) is 10.2 Å². The third-order valence-corrected chi connectivity index (χ3v) is 3.52. The van der Waals surface area contributed by atoms with Crippen molar-refractivity contribution in [1.29, 1.82) is 0 Å². The zero-order valence-corrected chi connectivity index (χ0v) is 11.7. The van der Waals surface area contributed by atoms with Gasteiger partial charge < -0.3 is 9.73 Å². The van der Waals surface area contributed by atoms with Crippen molar-refractivity contribution in [3.63, 3.8) is 0 Å². The van der Waals surface area contributed by atoms with E-state index >= 15 is 0 Å². The fourth-order valence-corrected chi connectivity index (χ4v) is 2.05. The molecule has 3 rings (SSSR count). The van der Waals surface area contributed by atoms with Gasteiger partial charge >= 0.3 is 0 Å². The van der Waals surface area contributed by atoms with Gasteiger partial charge in [0.05, 0.1) is 5.02 Å². The van der Waals surface area contributed by atoms with Gasteiger partial charge in [0.2, 0.25) is 11.8 Å². The highest BCUT2D eigenvalue weighted by atomic mass is 35.5. The van der Waals surface area contributed by atoms with Gasteiger partial charge in [-0.3, -0.25) is 0 Å². The van der Waals surface area contributed by atoms with E-state index in [9.17, 15) is 4.39 Å². The molecule has 106 valence electrons. The molecule has 1 saturated carbocycles. The molecule has 0 saturated heterocycles. The number of rotatable bonds is 6. The minimum absolute atomic E-state index is 0.0830. The molecule has 1 aliphatic carbocycles. The SMILES string of the molecule is Fc1cc(-c2nnc(CCCNC3CC3)o2)ccc1Cl. The smallest absolute Gasteiger partial charge is 0.247 e. The van der Waals surface area contributed by atoms with Crippen LogP contribution in [0.25, 0.3) is 11.5 Å². The quantitative estimate of drug-likeness (QED) is 0.831. The molecule has 0 radical (unpaired) electrons. The van der Waals surface area contributed by atoms with Crippen LogP contribution in [-0.4, -0.2) is 22.8 Å². The monoisotopic (exact) mass is 295 g/mol. The Morgan fingerprint density at radius 2 is 2.20 bits per heavy atom. The summed E-state index contributed by atoms with van der Waals surface area (Å²) in [6.45, 7) is 0.956. The molecular formula is C14H15ClFN3O. The van der Waals surface area contributed by atoms with Gasteiger partial charge in [0.1, 0.15) is 5.82 Å². The van der Waals surface area contributed by atoms with Crippen LogP contribution in [0.3, 0.4) is 0 Å². The topological polar surface area (TPSA) is 51.0 Å². The van der Waals surface area contributed by atoms with Crippen LogP contribution in [0, 0.1) is 5.82 Å². The van der Waals surface area contributed by atoms with Crippen LogP contribution in [0.5, 0.6) is 0 Å². The number of aromatic nitrogens is 2. The Kier molecular flexibility index (Phi) is 3.98. The Bertz CT molecular complexity index is 598. The first-order valence-corrected chi connectivity index (χ1v) is 7.11. The van der Waals surface area contributed by atoms with Crippen LogP contribution < -0.4 is 5.32 Å². The van der Waals surface area contributed by atoms with E-state index < -0.39 is 5.82 Å². The average molecular weight is 296 g/mol. The van der Waals surface area contributed by atoms with E-state index in [1.807, 2.05) is 0 Å². The summed E-state index contributed by atoms with van der Waals surface area (Å²) >= 11 is 5.64. The Labute approximate surface area is 121 Å². The maximum absolute atomic E-state index is 13.4. The maximum Gasteiger partial charge on any atom is 0.247 e. The van der Waals surface area contributed by atoms with Crippen LogP contribution in [0.2, 0.25) is 5.02 Å². The standard InChI is InChI=1S/C14H15ClFN3O/c15-11-6-3-9(8-12(11)16)14-19-18-13(20-14)2-1-7-17-10-4-5-10/h3,6,8,10,17H,1-2,4-5,7H2. The highest BCUT2D eigenvalue weighted by Crippen LogP contribution is 2.23. The minimum Gasteiger partial charge on any atom is -0.421 e. The predicted octanol–water partition coefficient (Wildman–Crippen LogP) is 3.21. The Morgan fingerprint density at radius 1 is 1.35 bits per heavy atom. The second-order valence-corrected chi connectivity index (χ2v) is 5.37. The van der Waals surface area contributed by atoms with E-state index in [0.29, 0.717) is 23.4 Å². The van der Waals surface area contributed by atoms with Crippen molar-refractivity contribution in [2.75, 3.05) is 6.54 Å². The molecule has 0 atom stereocenters. The van der Waals surface area contributed by atoms with Gasteiger partial charge in [0.15, 0.2) is 0 Å². The van der Waals surface area contributed by atoms with Crippen molar-refractivity contribution in [1.82, 2.24) is 15.5 Å². The van der Waals surface area contributed by atoms with E-state index in [-0.39, 0.29) is 5.02 Å². The fraction of sp³-hybridized carbons (Fsp3) is 0.429. The number of nitrogens with zero attached hydrogens (tertiary/aromatic N) is 2. The van der Waals surface area contributed by atoms with E-state index in [1.165, 1.54) is 25.0 Å². The van der Waals surface area contributed by atoms with E-state index in [2.05, 4.69) is 15.5 Å². The molecule has 6 heteroatoms. The number of hydrogen-bond acceptors (Lipinski definition) is 4. The molecule has 1 fully saturated rings. The van der Waals surface area contributed by atoms with Crippen molar-refractivity contribution in [2.45, 2.75) is 31.7 Å². The van der Waals surface area contributed by atoms with Crippen LogP contribution in [-0.2, 0) is 6.42 Å². The molecule has 2 aromatic rings. The van der Waals surface area contributed by atoms with Gasteiger partial charge in [0.25, 0.3) is 0 Å². The molecule has 4 nitrogen and oxygen atoms in total. The van der Waals surface area contributed by atoms with Gasteiger partial charge in [-0.1, -0.05) is 11.6 Å². The molecular weight excluding hydrogens is 281 g/mol. The number of halogens is 2. The van der Waals surface area contributed by atoms with Crippen molar-refractivity contribution < 1.29 is 8.81 Å². The van der Waals surface area contributed by atoms with Gasteiger partial charge in [-0.2, -0.15) is 0 Å². The second-order valence-electron chi connectivity index (χ2n) is 4.96. The van der Waals surface area contributed by atoms with E-state index in [0.717, 1.165) is 19.4 Å². The molecule has 0 bridgehead atoms. The molecule has 1 aliphatic rings. The molecule has 1 aromatic heterocycles. The molecule has 1 heterocycles. The number of benzene rings is 1. The first kappa shape index (κ1) is 13.5. The first-order chi connectivity index (χ1) is 9.72. The van der Waals surface area contributed by atoms with E-state index in [1.54, 1.807) is 6.07 Å². The normalized spacial score (nSPS) is 14.7. The first-order valence-electron chi connectivity index (χ1n) is 6.73. The van der Waals surface area contributed by atoms with E-state index in [4.69, 9.17) is 16.0 Å². The van der Waals surface area contributed by atoms with Crippen molar-refractivity contribution >= 4 is 11.6 Å². The summed E-state index contributed by atoms with van der Waals surface area (Å²) in [7, 11) is 0. The summed E-state index contributed by atoms with van der Waals surface area (Å²) < 4.78 is 18.9. The molecule has 1 N–H and O–H groups in total. The van der Waals surface area contributed by atoms with Gasteiger partial charge in [-0.25, -0.2) is 4.39 Å². The lowest BCUT2D eigenvalue weighted by Gasteiger charge is -1.99. The molecule has 20 heavy (non-hydrogen) atoms. The zero-order valence-electron chi connectivity index (χ0n) is 10.9.